The van der Waals surface area contributed by atoms with Gasteiger partial charge in [0.25, 0.3) is 5.88 Å². The van der Waals surface area contributed by atoms with Gasteiger partial charge < -0.3 is 10.5 Å². The molecule has 2 N–H and O–H groups in total. The van der Waals surface area contributed by atoms with Crippen LogP contribution in [-0.2, 0) is 0 Å². The van der Waals surface area contributed by atoms with Crippen molar-refractivity contribution in [1.29, 1.82) is 0 Å². The number of hydrogen-bond acceptors (Lipinski definition) is 4. The minimum absolute atomic E-state index is 0.154. The Labute approximate surface area is 114 Å². The van der Waals surface area contributed by atoms with Crippen LogP contribution in [-0.4, -0.2) is 17.9 Å². The fourth-order valence-corrected chi connectivity index (χ4v) is 1.88. The number of methoxy groups -OCH3 is 1. The van der Waals surface area contributed by atoms with Gasteiger partial charge in [0.1, 0.15) is 0 Å². The predicted molar refractivity (Wildman–Crippen MR) is 70.0 cm³/mol. The second-order valence-corrected chi connectivity index (χ2v) is 4.16. The maximum Gasteiger partial charge on any atom is 0.250 e. The first-order valence-corrected chi connectivity index (χ1v) is 5.70. The number of halogens is 2. The molecule has 1 heterocycles. The molecule has 1 aromatic carbocycles. The minimum Gasteiger partial charge on any atom is -0.479 e. The van der Waals surface area contributed by atoms with E-state index in [1.807, 2.05) is 0 Å². The summed E-state index contributed by atoms with van der Waals surface area (Å²) in [6.07, 6.45) is 1.29. The molecule has 0 fully saturated rings. The van der Waals surface area contributed by atoms with Crippen molar-refractivity contribution in [1.82, 2.24) is 4.98 Å². The third kappa shape index (κ3) is 2.51. The Kier molecular flexibility index (Phi) is 3.66. The zero-order valence-electron chi connectivity index (χ0n) is 9.98. The van der Waals surface area contributed by atoms with Gasteiger partial charge in [-0.2, -0.15) is 0 Å². The number of benzene rings is 1. The van der Waals surface area contributed by atoms with E-state index in [0.717, 1.165) is 0 Å². The van der Waals surface area contributed by atoms with Crippen LogP contribution in [0.3, 0.4) is 0 Å². The van der Waals surface area contributed by atoms with Crippen molar-refractivity contribution in [3.05, 3.63) is 52.4 Å². The lowest BCUT2D eigenvalue weighted by Gasteiger charge is -2.07. The fourth-order valence-electron chi connectivity index (χ4n) is 1.60. The number of carbonyl (C=O) groups excluding carboxylic acids is 1. The largest absolute Gasteiger partial charge is 0.479 e. The number of nitrogens with two attached hydrogens (primary N) is 1. The Morgan fingerprint density at radius 1 is 1.37 bits per heavy atom. The first kappa shape index (κ1) is 13.3. The van der Waals surface area contributed by atoms with Gasteiger partial charge in [-0.05, 0) is 24.3 Å². The number of rotatable bonds is 3. The van der Waals surface area contributed by atoms with E-state index < -0.39 is 11.6 Å². The number of carbonyl (C=O) groups is 1. The molecule has 0 radical (unpaired) electrons. The van der Waals surface area contributed by atoms with E-state index >= 15 is 0 Å². The Hall–Kier alpha value is -2.14. The SMILES string of the molecule is COc1nccc(C(=O)c2ccc(N)cc2Cl)c1F. The number of nitrogen functional groups attached to an aromatic ring is 1. The molecule has 0 amide bonds. The van der Waals surface area contributed by atoms with Gasteiger partial charge in [0.2, 0.25) is 0 Å². The molecule has 0 aliphatic rings. The first-order valence-electron chi connectivity index (χ1n) is 5.32. The number of hydrogen-bond donors (Lipinski definition) is 1. The van der Waals surface area contributed by atoms with E-state index in [4.69, 9.17) is 22.1 Å². The molecule has 2 aromatic rings. The van der Waals surface area contributed by atoms with Crippen LogP contribution in [0.4, 0.5) is 10.1 Å². The Morgan fingerprint density at radius 2 is 2.11 bits per heavy atom. The number of ether oxygens (including phenoxy) is 1. The van der Waals surface area contributed by atoms with Gasteiger partial charge >= 0.3 is 0 Å². The molecule has 1 aromatic heterocycles. The molecule has 0 saturated heterocycles. The maximum absolute atomic E-state index is 13.9. The number of pyridine rings is 1. The molecule has 0 atom stereocenters. The lowest BCUT2D eigenvalue weighted by atomic mass is 10.0. The average Bonchev–Trinajstić information content (AvgIpc) is 2.38. The van der Waals surface area contributed by atoms with Gasteiger partial charge in [0.05, 0.1) is 17.7 Å². The first-order chi connectivity index (χ1) is 9.04. The standard InChI is InChI=1S/C13H10ClFN2O2/c1-19-13-11(15)9(4-5-17-13)12(18)8-3-2-7(16)6-10(8)14/h2-6H,16H2,1H3. The average molecular weight is 281 g/mol. The molecular formula is C13H10ClFN2O2. The highest BCUT2D eigenvalue weighted by molar-refractivity contribution is 6.35. The lowest BCUT2D eigenvalue weighted by molar-refractivity contribution is 0.103. The van der Waals surface area contributed by atoms with Crippen molar-refractivity contribution in [2.24, 2.45) is 0 Å². The van der Waals surface area contributed by atoms with Gasteiger partial charge in [-0.3, -0.25) is 4.79 Å². The van der Waals surface area contributed by atoms with Gasteiger partial charge in [0.15, 0.2) is 11.6 Å². The molecule has 98 valence electrons. The van der Waals surface area contributed by atoms with Crippen molar-refractivity contribution in [2.45, 2.75) is 0 Å². The third-order valence-electron chi connectivity index (χ3n) is 2.53. The van der Waals surface area contributed by atoms with E-state index in [0.29, 0.717) is 5.69 Å². The van der Waals surface area contributed by atoms with Crippen LogP contribution in [0.1, 0.15) is 15.9 Å². The van der Waals surface area contributed by atoms with Crippen LogP contribution < -0.4 is 10.5 Å². The lowest BCUT2D eigenvalue weighted by Crippen LogP contribution is -2.07. The van der Waals surface area contributed by atoms with Gasteiger partial charge in [-0.25, -0.2) is 9.37 Å². The molecule has 6 heteroatoms. The van der Waals surface area contributed by atoms with Crippen molar-refractivity contribution in [2.75, 3.05) is 12.8 Å². The van der Waals surface area contributed by atoms with E-state index in [2.05, 4.69) is 4.98 Å². The van der Waals surface area contributed by atoms with Gasteiger partial charge in [0, 0.05) is 17.4 Å². The smallest absolute Gasteiger partial charge is 0.250 e. The Morgan fingerprint density at radius 3 is 2.74 bits per heavy atom. The topological polar surface area (TPSA) is 65.2 Å². The van der Waals surface area contributed by atoms with Crippen molar-refractivity contribution < 1.29 is 13.9 Å². The molecule has 0 bridgehead atoms. The summed E-state index contributed by atoms with van der Waals surface area (Å²) in [6, 6.07) is 5.68. The van der Waals surface area contributed by atoms with E-state index in [9.17, 15) is 9.18 Å². The third-order valence-corrected chi connectivity index (χ3v) is 2.85. The zero-order chi connectivity index (χ0) is 14.0. The highest BCUT2D eigenvalue weighted by Crippen LogP contribution is 2.25. The highest BCUT2D eigenvalue weighted by Gasteiger charge is 2.20. The molecule has 0 saturated carbocycles. The molecule has 19 heavy (non-hydrogen) atoms. The summed E-state index contributed by atoms with van der Waals surface area (Å²) in [7, 11) is 1.27. The Bertz CT molecular complexity index is 647. The summed E-state index contributed by atoms with van der Waals surface area (Å²) in [5, 5.41) is 0.167. The summed E-state index contributed by atoms with van der Waals surface area (Å²) >= 11 is 5.93. The molecule has 0 unspecified atom stereocenters. The van der Waals surface area contributed by atoms with Gasteiger partial charge in [-0.15, -0.1) is 0 Å². The predicted octanol–water partition coefficient (Wildman–Crippen LogP) is 2.70. The van der Waals surface area contributed by atoms with Crippen molar-refractivity contribution in [3.63, 3.8) is 0 Å². The van der Waals surface area contributed by atoms with E-state index in [1.165, 1.54) is 37.6 Å². The molecule has 0 aliphatic carbocycles. The van der Waals surface area contributed by atoms with E-state index in [-0.39, 0.29) is 22.0 Å². The van der Waals surface area contributed by atoms with Crippen LogP contribution in [0.2, 0.25) is 5.02 Å². The monoisotopic (exact) mass is 280 g/mol. The van der Waals surface area contributed by atoms with Crippen LogP contribution in [0.25, 0.3) is 0 Å². The summed E-state index contributed by atoms with van der Waals surface area (Å²) < 4.78 is 18.7. The highest BCUT2D eigenvalue weighted by atomic mass is 35.5. The number of ketones is 1. The van der Waals surface area contributed by atoms with E-state index in [1.54, 1.807) is 0 Å². The molecule has 4 nitrogen and oxygen atoms in total. The molecule has 0 spiro atoms. The minimum atomic E-state index is -0.817. The Balaban J connectivity index is 2.50. The second kappa shape index (κ2) is 5.24. The van der Waals surface area contributed by atoms with Crippen LogP contribution >= 0.6 is 11.6 Å². The van der Waals surface area contributed by atoms with Gasteiger partial charge in [-0.1, -0.05) is 11.6 Å². The summed E-state index contributed by atoms with van der Waals surface area (Å²) in [5.41, 5.74) is 5.98. The van der Waals surface area contributed by atoms with Crippen LogP contribution in [0.15, 0.2) is 30.5 Å². The summed E-state index contributed by atoms with van der Waals surface area (Å²) in [5.74, 6) is -1.61. The molecular weight excluding hydrogens is 271 g/mol. The number of aromatic nitrogens is 1. The quantitative estimate of drug-likeness (QED) is 0.693. The van der Waals surface area contributed by atoms with Crippen molar-refractivity contribution in [3.8, 4) is 5.88 Å². The maximum atomic E-state index is 13.9. The number of anilines is 1. The zero-order valence-corrected chi connectivity index (χ0v) is 10.7. The van der Waals surface area contributed by atoms with Crippen LogP contribution in [0.5, 0.6) is 5.88 Å². The fraction of sp³-hybridized carbons (Fsp3) is 0.0769. The second-order valence-electron chi connectivity index (χ2n) is 3.75. The summed E-state index contributed by atoms with van der Waals surface area (Å²) in [6.45, 7) is 0. The normalized spacial score (nSPS) is 10.3. The molecule has 0 aliphatic heterocycles. The number of nitrogens with zero attached hydrogens (tertiary/aromatic N) is 1. The van der Waals surface area contributed by atoms with Crippen LogP contribution in [0, 0.1) is 5.82 Å². The molecule has 2 rings (SSSR count). The summed E-state index contributed by atoms with van der Waals surface area (Å²) in [4.78, 5) is 15.9. The van der Waals surface area contributed by atoms with Crippen molar-refractivity contribution >= 4 is 23.1 Å².